The molecule has 0 N–H and O–H groups in total. The maximum absolute atomic E-state index is 2.94. The predicted octanol–water partition coefficient (Wildman–Crippen LogP) is 1.07. The predicted molar refractivity (Wildman–Crippen MR) is 42.5 cm³/mol. The van der Waals surface area contributed by atoms with Crippen molar-refractivity contribution in [1.82, 2.24) is 4.90 Å². The van der Waals surface area contributed by atoms with E-state index in [-0.39, 0.29) is 0 Å². The van der Waals surface area contributed by atoms with Gasteiger partial charge in [0, 0.05) is 19.6 Å². The highest BCUT2D eigenvalue weighted by Crippen LogP contribution is 1.83. The van der Waals surface area contributed by atoms with Crippen LogP contribution in [-0.4, -0.2) is 25.8 Å². The summed E-state index contributed by atoms with van der Waals surface area (Å²) in [5.41, 5.74) is 0. The summed E-state index contributed by atoms with van der Waals surface area (Å²) in [6, 6.07) is 2.94. The molecule has 1 nitrogen and oxygen atoms in total. The van der Waals surface area contributed by atoms with Crippen molar-refractivity contribution in [1.29, 1.82) is 0 Å². The van der Waals surface area contributed by atoms with Gasteiger partial charge in [0.1, 0.15) is 7.28 Å². The monoisotopic (exact) mass is 122 g/mol. The van der Waals surface area contributed by atoms with E-state index in [2.05, 4.69) is 26.1 Å². The van der Waals surface area contributed by atoms with Gasteiger partial charge < -0.3 is 4.90 Å². The van der Waals surface area contributed by atoms with Gasteiger partial charge in [-0.15, -0.1) is 0 Å². The molecule has 49 valence electrons. The second-order valence-electron chi connectivity index (χ2n) is 1.98. The van der Waals surface area contributed by atoms with Gasteiger partial charge in [0.2, 0.25) is 0 Å². The number of hydrogen-bond acceptors (Lipinski definition) is 1. The summed E-state index contributed by atoms with van der Waals surface area (Å²) in [7, 11) is 4.15. The van der Waals surface area contributed by atoms with Crippen LogP contribution in [0.15, 0.2) is 0 Å². The second kappa shape index (κ2) is 5.56. The molecule has 0 aliphatic rings. The third kappa shape index (κ3) is 5.29. The Morgan fingerprint density at radius 2 is 2.22 bits per heavy atom. The Morgan fingerprint density at radius 3 is 2.67 bits per heavy atom. The van der Waals surface area contributed by atoms with Crippen molar-refractivity contribution in [3.63, 3.8) is 0 Å². The largest absolute Gasteiger partial charge is 0.336 e. The normalized spacial score (nSPS) is 7.44. The summed E-state index contributed by atoms with van der Waals surface area (Å²) in [5, 5.41) is 0. The van der Waals surface area contributed by atoms with Crippen LogP contribution in [0, 0.1) is 12.0 Å². The fraction of sp³-hybridized carbons (Fsp3) is 0.714. The van der Waals surface area contributed by atoms with Crippen LogP contribution < -0.4 is 0 Å². The molecule has 0 aliphatic carbocycles. The molecular weight excluding hydrogens is 109 g/mol. The minimum absolute atomic E-state index is 1.04. The smallest absolute Gasteiger partial charge is 0.108 e. The van der Waals surface area contributed by atoms with E-state index >= 15 is 0 Å². The van der Waals surface area contributed by atoms with E-state index in [1.807, 2.05) is 18.9 Å². The van der Waals surface area contributed by atoms with Crippen molar-refractivity contribution in [3.05, 3.63) is 0 Å². The highest BCUT2D eigenvalue weighted by atomic mass is 15.1. The zero-order valence-corrected chi connectivity index (χ0v) is 6.44. The summed E-state index contributed by atoms with van der Waals surface area (Å²) in [6.45, 7) is 4.96. The van der Waals surface area contributed by atoms with Crippen LogP contribution in [0.5, 0.6) is 0 Å². The fourth-order valence-electron chi connectivity index (χ4n) is 0.570. The molecule has 0 aromatic heterocycles. The molecule has 0 fully saturated rings. The summed E-state index contributed by atoms with van der Waals surface area (Å²) in [4.78, 5) is 2.00. The van der Waals surface area contributed by atoms with Gasteiger partial charge in [0.15, 0.2) is 0 Å². The van der Waals surface area contributed by atoms with E-state index in [4.69, 9.17) is 0 Å². The van der Waals surface area contributed by atoms with Crippen LogP contribution in [0.4, 0.5) is 0 Å². The van der Waals surface area contributed by atoms with E-state index in [1.54, 1.807) is 0 Å². The van der Waals surface area contributed by atoms with Gasteiger partial charge in [-0.1, -0.05) is 19.1 Å². The summed E-state index contributed by atoms with van der Waals surface area (Å²) < 4.78 is 0. The lowest BCUT2D eigenvalue weighted by atomic mass is 9.78. The highest BCUT2D eigenvalue weighted by molar-refractivity contribution is 6.33. The van der Waals surface area contributed by atoms with Crippen molar-refractivity contribution in [2.75, 3.05) is 13.6 Å². The van der Waals surface area contributed by atoms with Crippen LogP contribution in [0.2, 0.25) is 13.1 Å². The first-order valence-electron chi connectivity index (χ1n) is 3.22. The Kier molecular flexibility index (Phi) is 5.20. The highest BCUT2D eigenvalue weighted by Gasteiger charge is 1.87. The molecule has 0 saturated carbocycles. The molecule has 0 amide bonds. The van der Waals surface area contributed by atoms with Gasteiger partial charge in [0.05, 0.1) is 0 Å². The van der Waals surface area contributed by atoms with E-state index in [9.17, 15) is 0 Å². The van der Waals surface area contributed by atoms with E-state index < -0.39 is 0 Å². The first-order chi connectivity index (χ1) is 4.31. The second-order valence-corrected chi connectivity index (χ2v) is 1.98. The minimum Gasteiger partial charge on any atom is -0.336 e. The van der Waals surface area contributed by atoms with Crippen LogP contribution in [0.25, 0.3) is 0 Å². The van der Waals surface area contributed by atoms with Gasteiger partial charge in [0.25, 0.3) is 0 Å². The molecule has 0 saturated heterocycles. The van der Waals surface area contributed by atoms with E-state index in [0.717, 1.165) is 12.9 Å². The summed E-state index contributed by atoms with van der Waals surface area (Å²) in [6.07, 6.45) is 1.12. The lowest BCUT2D eigenvalue weighted by Crippen LogP contribution is -2.13. The molecule has 2 heteroatoms. The molecule has 9 heavy (non-hydrogen) atoms. The Bertz CT molecular complexity index is 112. The molecule has 0 aromatic rings. The average molecular weight is 122 g/mol. The number of nitrogens with zero attached hydrogens (tertiary/aromatic N) is 1. The molecule has 0 spiro atoms. The SMILES string of the molecule is C[B]CCN(C)C#CC. The molecular formula is C7H13BN. The molecule has 0 atom stereocenters. The van der Waals surface area contributed by atoms with Gasteiger partial charge in [-0.25, -0.2) is 0 Å². The minimum atomic E-state index is 1.04. The third-order valence-electron chi connectivity index (χ3n) is 1.06. The first kappa shape index (κ1) is 8.42. The molecule has 0 heterocycles. The molecule has 0 aromatic carbocycles. The molecule has 0 aliphatic heterocycles. The maximum Gasteiger partial charge on any atom is 0.108 e. The van der Waals surface area contributed by atoms with Gasteiger partial charge in [-0.2, -0.15) is 0 Å². The topological polar surface area (TPSA) is 3.24 Å². The standard InChI is InChI=1S/C7H13BN/c1-4-6-9(3)7-5-8-2/h5,7H2,1-3H3. The Hall–Kier alpha value is -0.575. The number of rotatable bonds is 3. The van der Waals surface area contributed by atoms with Crippen molar-refractivity contribution < 1.29 is 0 Å². The lowest BCUT2D eigenvalue weighted by molar-refractivity contribution is 0.511. The fourth-order valence-corrected chi connectivity index (χ4v) is 0.570. The van der Waals surface area contributed by atoms with Crippen molar-refractivity contribution in [2.45, 2.75) is 20.1 Å². The van der Waals surface area contributed by atoms with Crippen LogP contribution in [0.3, 0.4) is 0 Å². The van der Waals surface area contributed by atoms with E-state index in [0.29, 0.717) is 0 Å². The Labute approximate surface area is 58.7 Å². The van der Waals surface area contributed by atoms with Crippen LogP contribution in [-0.2, 0) is 0 Å². The van der Waals surface area contributed by atoms with Crippen molar-refractivity contribution in [3.8, 4) is 12.0 Å². The zero-order chi connectivity index (χ0) is 7.11. The molecule has 1 radical (unpaired) electrons. The van der Waals surface area contributed by atoms with Crippen LogP contribution >= 0.6 is 0 Å². The molecule has 0 unspecified atom stereocenters. The summed E-state index contributed by atoms with van der Waals surface area (Å²) in [5.74, 6) is 2.84. The Morgan fingerprint density at radius 1 is 1.56 bits per heavy atom. The summed E-state index contributed by atoms with van der Waals surface area (Å²) >= 11 is 0. The first-order valence-corrected chi connectivity index (χ1v) is 3.22. The van der Waals surface area contributed by atoms with E-state index in [1.165, 1.54) is 0 Å². The van der Waals surface area contributed by atoms with Crippen LogP contribution in [0.1, 0.15) is 6.92 Å². The van der Waals surface area contributed by atoms with Gasteiger partial charge in [-0.3, -0.25) is 0 Å². The maximum atomic E-state index is 2.94. The van der Waals surface area contributed by atoms with Crippen molar-refractivity contribution >= 4 is 7.28 Å². The number of hydrogen-bond donors (Lipinski definition) is 0. The molecule has 0 bridgehead atoms. The quantitative estimate of drug-likeness (QED) is 0.307. The van der Waals surface area contributed by atoms with Crippen molar-refractivity contribution in [2.24, 2.45) is 0 Å². The van der Waals surface area contributed by atoms with Gasteiger partial charge >= 0.3 is 0 Å². The zero-order valence-electron chi connectivity index (χ0n) is 6.44. The van der Waals surface area contributed by atoms with Gasteiger partial charge in [-0.05, 0) is 6.92 Å². The third-order valence-corrected chi connectivity index (χ3v) is 1.06. The average Bonchev–Trinajstić information content (AvgIpc) is 1.85. The lowest BCUT2D eigenvalue weighted by Gasteiger charge is -2.07. The molecule has 0 rings (SSSR count). The Balaban J connectivity index is 3.23.